The smallest absolute Gasteiger partial charge is 0.328 e. The maximum atomic E-state index is 12.4. The van der Waals surface area contributed by atoms with Crippen molar-refractivity contribution in [3.8, 4) is 0 Å². The zero-order chi connectivity index (χ0) is 19.1. The summed E-state index contributed by atoms with van der Waals surface area (Å²) in [4.78, 5) is 41.5. The van der Waals surface area contributed by atoms with Gasteiger partial charge in [0, 0.05) is 32.6 Å². The molecule has 0 atom stereocenters. The first-order valence-electron chi connectivity index (χ1n) is 9.44. The Balaban J connectivity index is 1.41. The Morgan fingerprint density at radius 3 is 2.70 bits per heavy atom. The van der Waals surface area contributed by atoms with Crippen LogP contribution >= 0.6 is 0 Å². The standard InChI is InChI=1S/C19H26N4O4/c24-17(20-8-4-9-22-11-13-27-14-12-22)7-3-10-23-18(25)15-5-1-2-6-16(15)21-19(23)26/h1-2,5-6H,3-4,7-14H2,(H,20,24)(H,21,26). The molecule has 1 aromatic heterocycles. The average Bonchev–Trinajstić information content (AvgIpc) is 2.68. The number of amides is 1. The van der Waals surface area contributed by atoms with E-state index in [1.54, 1.807) is 24.3 Å². The Hall–Kier alpha value is -2.45. The van der Waals surface area contributed by atoms with Gasteiger partial charge in [-0.25, -0.2) is 4.79 Å². The first kappa shape index (κ1) is 19.3. The number of nitrogens with zero attached hydrogens (tertiary/aromatic N) is 2. The lowest BCUT2D eigenvalue weighted by Gasteiger charge is -2.26. The van der Waals surface area contributed by atoms with Gasteiger partial charge in [-0.05, 0) is 31.5 Å². The highest BCUT2D eigenvalue weighted by Gasteiger charge is 2.10. The van der Waals surface area contributed by atoms with Crippen LogP contribution < -0.4 is 16.6 Å². The molecule has 1 aliphatic rings. The number of hydrogen-bond donors (Lipinski definition) is 2. The van der Waals surface area contributed by atoms with Gasteiger partial charge < -0.3 is 15.0 Å². The fraction of sp³-hybridized carbons (Fsp3) is 0.526. The van der Waals surface area contributed by atoms with Crippen molar-refractivity contribution in [3.63, 3.8) is 0 Å². The summed E-state index contributed by atoms with van der Waals surface area (Å²) in [5.41, 5.74) is -0.230. The van der Waals surface area contributed by atoms with Crippen LogP contribution in [0.2, 0.25) is 0 Å². The molecule has 1 aromatic carbocycles. The lowest BCUT2D eigenvalue weighted by Crippen LogP contribution is -2.38. The largest absolute Gasteiger partial charge is 0.379 e. The summed E-state index contributed by atoms with van der Waals surface area (Å²) in [6, 6.07) is 6.92. The third-order valence-electron chi connectivity index (χ3n) is 4.75. The van der Waals surface area contributed by atoms with Gasteiger partial charge in [0.15, 0.2) is 0 Å². The number of carbonyl (C=O) groups is 1. The normalized spacial score (nSPS) is 15.1. The van der Waals surface area contributed by atoms with Crippen LogP contribution in [0.3, 0.4) is 0 Å². The average molecular weight is 374 g/mol. The minimum atomic E-state index is -0.440. The maximum absolute atomic E-state index is 12.4. The maximum Gasteiger partial charge on any atom is 0.328 e. The third kappa shape index (κ3) is 5.27. The zero-order valence-electron chi connectivity index (χ0n) is 15.4. The summed E-state index contributed by atoms with van der Waals surface area (Å²) in [7, 11) is 0. The van der Waals surface area contributed by atoms with Gasteiger partial charge in [-0.2, -0.15) is 0 Å². The lowest BCUT2D eigenvalue weighted by molar-refractivity contribution is -0.121. The van der Waals surface area contributed by atoms with E-state index in [2.05, 4.69) is 15.2 Å². The first-order chi connectivity index (χ1) is 13.1. The zero-order valence-corrected chi connectivity index (χ0v) is 15.4. The Morgan fingerprint density at radius 2 is 1.89 bits per heavy atom. The molecule has 0 unspecified atom stereocenters. The van der Waals surface area contributed by atoms with Gasteiger partial charge in [0.1, 0.15) is 0 Å². The van der Waals surface area contributed by atoms with E-state index in [0.717, 1.165) is 43.8 Å². The van der Waals surface area contributed by atoms with Crippen molar-refractivity contribution in [2.75, 3.05) is 39.4 Å². The van der Waals surface area contributed by atoms with Gasteiger partial charge in [0.2, 0.25) is 5.91 Å². The summed E-state index contributed by atoms with van der Waals surface area (Å²) in [6.07, 6.45) is 1.63. The van der Waals surface area contributed by atoms with E-state index in [-0.39, 0.29) is 24.4 Å². The fourth-order valence-corrected chi connectivity index (χ4v) is 3.24. The van der Waals surface area contributed by atoms with E-state index in [1.165, 1.54) is 0 Å². The molecular formula is C19H26N4O4. The molecule has 3 rings (SSSR count). The van der Waals surface area contributed by atoms with Crippen LogP contribution in [0.25, 0.3) is 10.9 Å². The minimum Gasteiger partial charge on any atom is -0.379 e. The van der Waals surface area contributed by atoms with Crippen LogP contribution in [-0.4, -0.2) is 59.8 Å². The molecule has 1 amide bonds. The van der Waals surface area contributed by atoms with E-state index in [4.69, 9.17) is 4.74 Å². The topological polar surface area (TPSA) is 96.4 Å². The first-order valence-corrected chi connectivity index (χ1v) is 9.44. The van der Waals surface area contributed by atoms with E-state index in [9.17, 15) is 14.4 Å². The second kappa shape index (κ2) is 9.48. The summed E-state index contributed by atoms with van der Waals surface area (Å²) < 4.78 is 6.47. The molecule has 8 heteroatoms. The molecule has 1 saturated heterocycles. The third-order valence-corrected chi connectivity index (χ3v) is 4.75. The van der Waals surface area contributed by atoms with Crippen molar-refractivity contribution < 1.29 is 9.53 Å². The highest BCUT2D eigenvalue weighted by molar-refractivity contribution is 5.77. The molecule has 8 nitrogen and oxygen atoms in total. The van der Waals surface area contributed by atoms with E-state index in [0.29, 0.717) is 23.9 Å². The van der Waals surface area contributed by atoms with Crippen LogP contribution in [-0.2, 0) is 16.1 Å². The van der Waals surface area contributed by atoms with E-state index < -0.39 is 5.69 Å². The highest BCUT2D eigenvalue weighted by Crippen LogP contribution is 2.03. The molecular weight excluding hydrogens is 348 g/mol. The monoisotopic (exact) mass is 374 g/mol. The van der Waals surface area contributed by atoms with Gasteiger partial charge in [-0.3, -0.25) is 19.1 Å². The second-order valence-electron chi connectivity index (χ2n) is 6.69. The number of morpholine rings is 1. The SMILES string of the molecule is O=C(CCCn1c(=O)[nH]c2ccccc2c1=O)NCCCN1CCOCC1. The number of rotatable bonds is 8. The molecule has 0 spiro atoms. The molecule has 2 N–H and O–H groups in total. The van der Waals surface area contributed by atoms with Crippen LogP contribution in [0, 0.1) is 0 Å². The Labute approximate surface area is 157 Å². The van der Waals surface area contributed by atoms with E-state index in [1.807, 2.05) is 0 Å². The van der Waals surface area contributed by atoms with Crippen molar-refractivity contribution in [1.82, 2.24) is 19.8 Å². The number of benzene rings is 1. The molecule has 2 aromatic rings. The number of fused-ring (bicyclic) bond motifs is 1. The Morgan fingerprint density at radius 1 is 1.11 bits per heavy atom. The predicted octanol–water partition coefficient (Wildman–Crippen LogP) is 0.309. The summed E-state index contributed by atoms with van der Waals surface area (Å²) in [6.45, 7) is 5.25. The molecule has 0 bridgehead atoms. The molecule has 1 aliphatic heterocycles. The molecule has 2 heterocycles. The van der Waals surface area contributed by atoms with Crippen LogP contribution in [0.5, 0.6) is 0 Å². The number of para-hydroxylation sites is 1. The number of ether oxygens (including phenoxy) is 1. The lowest BCUT2D eigenvalue weighted by atomic mass is 10.2. The number of hydrogen-bond acceptors (Lipinski definition) is 5. The number of aromatic amines is 1. The fourth-order valence-electron chi connectivity index (χ4n) is 3.24. The number of nitrogens with one attached hydrogen (secondary N) is 2. The van der Waals surface area contributed by atoms with E-state index >= 15 is 0 Å². The van der Waals surface area contributed by atoms with Crippen molar-refractivity contribution in [1.29, 1.82) is 0 Å². The molecule has 0 saturated carbocycles. The molecule has 0 radical (unpaired) electrons. The summed E-state index contributed by atoms with van der Waals surface area (Å²) >= 11 is 0. The predicted molar refractivity (Wildman–Crippen MR) is 103 cm³/mol. The van der Waals surface area contributed by atoms with Crippen molar-refractivity contribution in [2.24, 2.45) is 0 Å². The van der Waals surface area contributed by atoms with Gasteiger partial charge in [0.05, 0.1) is 24.1 Å². The Kier molecular flexibility index (Phi) is 6.78. The quantitative estimate of drug-likeness (QED) is 0.648. The van der Waals surface area contributed by atoms with Gasteiger partial charge in [-0.1, -0.05) is 12.1 Å². The summed E-state index contributed by atoms with van der Waals surface area (Å²) in [5, 5.41) is 3.37. The minimum absolute atomic E-state index is 0.0535. The van der Waals surface area contributed by atoms with Gasteiger partial charge >= 0.3 is 5.69 Å². The van der Waals surface area contributed by atoms with Crippen LogP contribution in [0.15, 0.2) is 33.9 Å². The molecule has 0 aliphatic carbocycles. The van der Waals surface area contributed by atoms with Crippen molar-refractivity contribution in [2.45, 2.75) is 25.8 Å². The Bertz CT molecular complexity index is 883. The molecule has 146 valence electrons. The highest BCUT2D eigenvalue weighted by atomic mass is 16.5. The van der Waals surface area contributed by atoms with Crippen molar-refractivity contribution >= 4 is 16.8 Å². The van der Waals surface area contributed by atoms with Crippen molar-refractivity contribution in [3.05, 3.63) is 45.1 Å². The second-order valence-corrected chi connectivity index (χ2v) is 6.69. The molecule has 27 heavy (non-hydrogen) atoms. The van der Waals surface area contributed by atoms with Crippen LogP contribution in [0.1, 0.15) is 19.3 Å². The molecule has 1 fully saturated rings. The number of aromatic nitrogens is 2. The summed E-state index contributed by atoms with van der Waals surface area (Å²) in [5.74, 6) is -0.0535. The van der Waals surface area contributed by atoms with Gasteiger partial charge in [-0.15, -0.1) is 0 Å². The van der Waals surface area contributed by atoms with Gasteiger partial charge in [0.25, 0.3) is 5.56 Å². The van der Waals surface area contributed by atoms with Crippen LogP contribution in [0.4, 0.5) is 0 Å². The number of H-pyrrole nitrogens is 1. The number of carbonyl (C=O) groups excluding carboxylic acids is 1.